The number of ether oxygens (including phenoxy) is 1. The van der Waals surface area contributed by atoms with E-state index < -0.39 is 6.09 Å². The quantitative estimate of drug-likeness (QED) is 0.765. The summed E-state index contributed by atoms with van der Waals surface area (Å²) < 4.78 is 4.90. The van der Waals surface area contributed by atoms with E-state index in [9.17, 15) is 4.79 Å². The first-order valence-corrected chi connectivity index (χ1v) is 4.89. The van der Waals surface area contributed by atoms with E-state index in [1.54, 1.807) is 32.0 Å². The van der Waals surface area contributed by atoms with Crippen LogP contribution in [0.3, 0.4) is 0 Å². The van der Waals surface area contributed by atoms with E-state index in [0.717, 1.165) is 0 Å². The van der Waals surface area contributed by atoms with E-state index in [0.29, 0.717) is 16.4 Å². The van der Waals surface area contributed by atoms with Gasteiger partial charge in [0.05, 0.1) is 16.8 Å². The van der Waals surface area contributed by atoms with Crippen LogP contribution in [0.5, 0.6) is 0 Å². The molecule has 0 fully saturated rings. The summed E-state index contributed by atoms with van der Waals surface area (Å²) in [6, 6.07) is 4.84. The van der Waals surface area contributed by atoms with Crippen molar-refractivity contribution in [1.82, 2.24) is 0 Å². The van der Waals surface area contributed by atoms with E-state index in [4.69, 9.17) is 22.1 Å². The molecule has 0 aromatic heterocycles. The number of hydrogen-bond donors (Lipinski definition) is 2. The summed E-state index contributed by atoms with van der Waals surface area (Å²) in [7, 11) is 0. The number of carbonyl (C=O) groups excluding carboxylic acids is 1. The summed E-state index contributed by atoms with van der Waals surface area (Å²) in [5.41, 5.74) is 6.53. The van der Waals surface area contributed by atoms with Gasteiger partial charge in [-0.05, 0) is 32.0 Å². The maximum absolute atomic E-state index is 11.3. The van der Waals surface area contributed by atoms with Gasteiger partial charge in [-0.15, -0.1) is 0 Å². The molecule has 5 heteroatoms. The van der Waals surface area contributed by atoms with Crippen molar-refractivity contribution in [1.29, 1.82) is 0 Å². The van der Waals surface area contributed by atoms with E-state index in [2.05, 4.69) is 5.32 Å². The summed E-state index contributed by atoms with van der Waals surface area (Å²) in [6.07, 6.45) is -0.720. The molecule has 0 unspecified atom stereocenters. The number of halogens is 1. The lowest BCUT2D eigenvalue weighted by molar-refractivity contribution is 0.130. The molecule has 0 aliphatic heterocycles. The third kappa shape index (κ3) is 3.67. The zero-order chi connectivity index (χ0) is 11.4. The van der Waals surface area contributed by atoms with Gasteiger partial charge < -0.3 is 10.5 Å². The highest BCUT2D eigenvalue weighted by molar-refractivity contribution is 6.33. The van der Waals surface area contributed by atoms with Crippen LogP contribution in [0.25, 0.3) is 0 Å². The molecule has 1 rings (SSSR count). The molecule has 0 atom stereocenters. The van der Waals surface area contributed by atoms with Crippen molar-refractivity contribution in [3.63, 3.8) is 0 Å². The topological polar surface area (TPSA) is 64.3 Å². The van der Waals surface area contributed by atoms with Crippen LogP contribution in [0.15, 0.2) is 18.2 Å². The molecule has 0 saturated heterocycles. The molecule has 0 saturated carbocycles. The Hall–Kier alpha value is -1.42. The molecule has 0 radical (unpaired) electrons. The van der Waals surface area contributed by atoms with Crippen molar-refractivity contribution < 1.29 is 9.53 Å². The van der Waals surface area contributed by atoms with E-state index in [1.165, 1.54) is 0 Å². The second kappa shape index (κ2) is 4.89. The van der Waals surface area contributed by atoms with Crippen molar-refractivity contribution in [3.8, 4) is 0 Å². The van der Waals surface area contributed by atoms with Crippen LogP contribution < -0.4 is 11.1 Å². The minimum absolute atomic E-state index is 0.176. The van der Waals surface area contributed by atoms with Gasteiger partial charge in [0, 0.05) is 5.69 Å². The lowest BCUT2D eigenvalue weighted by Gasteiger charge is -2.10. The Morgan fingerprint density at radius 2 is 2.20 bits per heavy atom. The minimum atomic E-state index is -0.544. The molecule has 0 aliphatic carbocycles. The Balaban J connectivity index is 2.71. The molecule has 1 amide bonds. The number of nitrogen functional groups attached to an aromatic ring is 1. The van der Waals surface area contributed by atoms with Gasteiger partial charge in [0.1, 0.15) is 0 Å². The van der Waals surface area contributed by atoms with Crippen molar-refractivity contribution in [3.05, 3.63) is 23.2 Å². The van der Waals surface area contributed by atoms with Crippen molar-refractivity contribution in [2.24, 2.45) is 0 Å². The molecular formula is C10H13ClN2O2. The third-order valence-electron chi connectivity index (χ3n) is 1.57. The highest BCUT2D eigenvalue weighted by atomic mass is 35.5. The Labute approximate surface area is 93.4 Å². The lowest BCUT2D eigenvalue weighted by atomic mass is 10.3. The van der Waals surface area contributed by atoms with Gasteiger partial charge in [-0.25, -0.2) is 4.79 Å². The van der Waals surface area contributed by atoms with Crippen LogP contribution in [0, 0.1) is 0 Å². The molecule has 0 bridgehead atoms. The molecule has 1 aromatic rings. The first kappa shape index (κ1) is 11.7. The van der Waals surface area contributed by atoms with Gasteiger partial charge in [-0.3, -0.25) is 5.32 Å². The highest BCUT2D eigenvalue weighted by Crippen LogP contribution is 2.24. The first-order valence-electron chi connectivity index (χ1n) is 4.51. The minimum Gasteiger partial charge on any atom is -0.447 e. The van der Waals surface area contributed by atoms with Gasteiger partial charge in [0.2, 0.25) is 0 Å². The Morgan fingerprint density at radius 1 is 1.53 bits per heavy atom. The number of nitrogens with two attached hydrogens (primary N) is 1. The molecule has 0 heterocycles. The van der Waals surface area contributed by atoms with Crippen LogP contribution in [0.1, 0.15) is 13.8 Å². The second-order valence-corrected chi connectivity index (χ2v) is 3.73. The maximum Gasteiger partial charge on any atom is 0.411 e. The lowest BCUT2D eigenvalue weighted by Crippen LogP contribution is -2.18. The average Bonchev–Trinajstić information content (AvgIpc) is 2.10. The Bertz CT molecular complexity index is 366. The molecule has 0 aliphatic rings. The molecule has 15 heavy (non-hydrogen) atoms. The van der Waals surface area contributed by atoms with Crippen molar-refractivity contribution in [2.45, 2.75) is 20.0 Å². The highest BCUT2D eigenvalue weighted by Gasteiger charge is 2.08. The van der Waals surface area contributed by atoms with E-state index >= 15 is 0 Å². The third-order valence-corrected chi connectivity index (χ3v) is 1.90. The molecule has 3 N–H and O–H groups in total. The maximum atomic E-state index is 11.3. The number of carbonyl (C=O) groups is 1. The zero-order valence-corrected chi connectivity index (χ0v) is 9.34. The predicted molar refractivity (Wildman–Crippen MR) is 61.1 cm³/mol. The van der Waals surface area contributed by atoms with Gasteiger partial charge in [-0.2, -0.15) is 0 Å². The normalized spacial score (nSPS) is 10.1. The molecule has 1 aromatic carbocycles. The standard InChI is InChI=1S/C10H13ClN2O2/c1-6(2)15-10(14)13-9-5-7(12)3-4-8(9)11/h3-6H,12H2,1-2H3,(H,13,14). The SMILES string of the molecule is CC(C)OC(=O)Nc1cc(N)ccc1Cl. The predicted octanol–water partition coefficient (Wildman–Crippen LogP) is 2.88. The molecular weight excluding hydrogens is 216 g/mol. The number of rotatable bonds is 2. The summed E-state index contributed by atoms with van der Waals surface area (Å²) >= 11 is 5.85. The fourth-order valence-electron chi connectivity index (χ4n) is 0.992. The van der Waals surface area contributed by atoms with Gasteiger partial charge in [0.25, 0.3) is 0 Å². The van der Waals surface area contributed by atoms with Gasteiger partial charge in [-0.1, -0.05) is 11.6 Å². The number of hydrogen-bond acceptors (Lipinski definition) is 3. The fraction of sp³-hybridized carbons (Fsp3) is 0.300. The average molecular weight is 229 g/mol. The van der Waals surface area contributed by atoms with Gasteiger partial charge in [0.15, 0.2) is 0 Å². The summed E-state index contributed by atoms with van der Waals surface area (Å²) in [6.45, 7) is 3.53. The van der Waals surface area contributed by atoms with Gasteiger partial charge >= 0.3 is 6.09 Å². The zero-order valence-electron chi connectivity index (χ0n) is 8.58. The Morgan fingerprint density at radius 3 is 2.80 bits per heavy atom. The van der Waals surface area contributed by atoms with Crippen LogP contribution in [0.2, 0.25) is 5.02 Å². The van der Waals surface area contributed by atoms with Crippen LogP contribution in [0.4, 0.5) is 16.2 Å². The summed E-state index contributed by atoms with van der Waals surface area (Å²) in [5, 5.41) is 2.93. The van der Waals surface area contributed by atoms with E-state index in [-0.39, 0.29) is 6.10 Å². The molecule has 0 spiro atoms. The fourth-order valence-corrected chi connectivity index (χ4v) is 1.16. The Kier molecular flexibility index (Phi) is 3.80. The van der Waals surface area contributed by atoms with E-state index in [1.807, 2.05) is 0 Å². The summed E-state index contributed by atoms with van der Waals surface area (Å²) in [5.74, 6) is 0. The van der Waals surface area contributed by atoms with Crippen LogP contribution in [-0.2, 0) is 4.74 Å². The number of benzene rings is 1. The number of amides is 1. The molecule has 82 valence electrons. The molecule has 4 nitrogen and oxygen atoms in total. The van der Waals surface area contributed by atoms with Crippen LogP contribution in [-0.4, -0.2) is 12.2 Å². The van der Waals surface area contributed by atoms with Crippen molar-refractivity contribution >= 4 is 29.1 Å². The number of anilines is 2. The largest absolute Gasteiger partial charge is 0.447 e. The van der Waals surface area contributed by atoms with Crippen LogP contribution >= 0.6 is 11.6 Å². The summed E-state index contributed by atoms with van der Waals surface area (Å²) in [4.78, 5) is 11.3. The first-order chi connectivity index (χ1) is 6.99. The monoisotopic (exact) mass is 228 g/mol. The second-order valence-electron chi connectivity index (χ2n) is 3.32. The van der Waals surface area contributed by atoms with Crippen molar-refractivity contribution in [2.75, 3.05) is 11.1 Å². The number of nitrogens with one attached hydrogen (secondary N) is 1. The smallest absolute Gasteiger partial charge is 0.411 e.